The van der Waals surface area contributed by atoms with E-state index in [0.717, 1.165) is 19.5 Å². The molecule has 1 N–H and O–H groups in total. The first-order chi connectivity index (χ1) is 10.2. The van der Waals surface area contributed by atoms with Crippen LogP contribution >= 0.6 is 0 Å². The molecule has 2 bridgehead atoms. The molecule has 0 aliphatic carbocycles. The number of hydrogen-bond donors (Lipinski definition) is 1. The molecule has 0 aromatic carbocycles. The van der Waals surface area contributed by atoms with Crippen molar-refractivity contribution in [3.63, 3.8) is 0 Å². The predicted octanol–water partition coefficient (Wildman–Crippen LogP) is 0.469. The van der Waals surface area contributed by atoms with Gasteiger partial charge in [-0.15, -0.1) is 0 Å². The highest BCUT2D eigenvalue weighted by molar-refractivity contribution is 5.78. The molecule has 2 fully saturated rings. The van der Waals surface area contributed by atoms with Crippen LogP contribution < -0.4 is 5.32 Å². The number of amides is 1. The van der Waals surface area contributed by atoms with Crippen LogP contribution in [0.3, 0.4) is 0 Å². The van der Waals surface area contributed by atoms with Crippen LogP contribution in [0.1, 0.15) is 32.1 Å². The third-order valence-electron chi connectivity index (χ3n) is 4.31. The minimum Gasteiger partial charge on any atom is -0.340 e. The second-order valence-electron chi connectivity index (χ2n) is 5.86. The lowest BCUT2D eigenvalue weighted by Gasteiger charge is -2.27. The maximum absolute atomic E-state index is 12.4. The fraction of sp³-hybridized carbons (Fsp3) is 0.800. The zero-order chi connectivity index (χ0) is 15.1. The predicted molar refractivity (Wildman–Crippen MR) is 78.0 cm³/mol. The van der Waals surface area contributed by atoms with Gasteiger partial charge in [-0.25, -0.2) is 0 Å². The summed E-state index contributed by atoms with van der Waals surface area (Å²) in [5, 5.41) is 21.0. The number of nitrogens with one attached hydrogen (secondary N) is 1. The van der Waals surface area contributed by atoms with Gasteiger partial charge in [-0.2, -0.15) is 10.5 Å². The third-order valence-corrected chi connectivity index (χ3v) is 4.31. The molecule has 0 radical (unpaired) electrons. The Morgan fingerprint density at radius 1 is 1.14 bits per heavy atom. The molecule has 6 nitrogen and oxygen atoms in total. The van der Waals surface area contributed by atoms with Gasteiger partial charge >= 0.3 is 0 Å². The van der Waals surface area contributed by atoms with Crippen molar-refractivity contribution in [2.75, 3.05) is 32.7 Å². The van der Waals surface area contributed by atoms with Crippen molar-refractivity contribution >= 4 is 5.91 Å². The van der Waals surface area contributed by atoms with Crippen molar-refractivity contribution in [1.82, 2.24) is 15.1 Å². The quantitative estimate of drug-likeness (QED) is 0.768. The molecule has 21 heavy (non-hydrogen) atoms. The van der Waals surface area contributed by atoms with Gasteiger partial charge in [0.2, 0.25) is 5.91 Å². The molecule has 2 unspecified atom stereocenters. The summed E-state index contributed by atoms with van der Waals surface area (Å²) in [4.78, 5) is 16.3. The number of nitrogens with zero attached hydrogens (tertiary/aromatic N) is 4. The summed E-state index contributed by atoms with van der Waals surface area (Å²) in [6.07, 6.45) is 4.19. The van der Waals surface area contributed by atoms with E-state index in [4.69, 9.17) is 10.5 Å². The second kappa shape index (κ2) is 7.97. The van der Waals surface area contributed by atoms with Crippen molar-refractivity contribution in [3.8, 4) is 12.1 Å². The first-order valence-corrected chi connectivity index (χ1v) is 7.73. The Hall–Kier alpha value is -1.63. The lowest BCUT2D eigenvalue weighted by Crippen LogP contribution is -2.44. The van der Waals surface area contributed by atoms with Crippen molar-refractivity contribution in [2.24, 2.45) is 0 Å². The van der Waals surface area contributed by atoms with Crippen LogP contribution in [-0.4, -0.2) is 60.5 Å². The van der Waals surface area contributed by atoms with Gasteiger partial charge in [0, 0.05) is 38.3 Å². The maximum Gasteiger partial charge on any atom is 0.236 e. The van der Waals surface area contributed by atoms with Crippen molar-refractivity contribution in [3.05, 3.63) is 0 Å². The minimum absolute atomic E-state index is 0.0401. The van der Waals surface area contributed by atoms with Crippen LogP contribution in [0.2, 0.25) is 0 Å². The Bertz CT molecular complexity index is 420. The zero-order valence-electron chi connectivity index (χ0n) is 12.4. The van der Waals surface area contributed by atoms with Crippen LogP contribution in [0.25, 0.3) is 0 Å². The average Bonchev–Trinajstić information content (AvgIpc) is 2.81. The number of nitriles is 2. The second-order valence-corrected chi connectivity index (χ2v) is 5.86. The Kier molecular flexibility index (Phi) is 5.98. The van der Waals surface area contributed by atoms with E-state index in [9.17, 15) is 4.79 Å². The van der Waals surface area contributed by atoms with E-state index in [1.54, 1.807) is 4.90 Å². The Balaban J connectivity index is 1.85. The number of rotatable bonds is 6. The zero-order valence-corrected chi connectivity index (χ0v) is 12.4. The molecular formula is C15H23N5O. The summed E-state index contributed by atoms with van der Waals surface area (Å²) in [7, 11) is 0. The summed E-state index contributed by atoms with van der Waals surface area (Å²) >= 11 is 0. The molecule has 6 heteroatoms. The highest BCUT2D eigenvalue weighted by Gasteiger charge is 2.30. The number of carbonyl (C=O) groups is 1. The van der Waals surface area contributed by atoms with Crippen LogP contribution in [0.5, 0.6) is 0 Å². The number of carbonyl (C=O) groups excluding carboxylic acids is 1. The van der Waals surface area contributed by atoms with Gasteiger partial charge in [0.25, 0.3) is 0 Å². The van der Waals surface area contributed by atoms with Gasteiger partial charge in [-0.1, -0.05) is 0 Å². The van der Waals surface area contributed by atoms with E-state index in [1.165, 1.54) is 12.8 Å². The summed E-state index contributed by atoms with van der Waals surface area (Å²) in [6, 6.07) is 5.25. The number of fused-ring (bicyclic) bond motifs is 2. The smallest absolute Gasteiger partial charge is 0.236 e. The Morgan fingerprint density at radius 3 is 2.48 bits per heavy atom. The van der Waals surface area contributed by atoms with E-state index < -0.39 is 0 Å². The molecule has 0 spiro atoms. The third kappa shape index (κ3) is 4.70. The lowest BCUT2D eigenvalue weighted by molar-refractivity contribution is -0.132. The Morgan fingerprint density at radius 2 is 1.81 bits per heavy atom. The van der Waals surface area contributed by atoms with Crippen LogP contribution in [0, 0.1) is 22.7 Å². The van der Waals surface area contributed by atoms with Crippen LogP contribution in [-0.2, 0) is 4.79 Å². The fourth-order valence-corrected chi connectivity index (χ4v) is 3.18. The molecule has 2 saturated heterocycles. The van der Waals surface area contributed by atoms with Crippen molar-refractivity contribution < 1.29 is 4.79 Å². The van der Waals surface area contributed by atoms with Gasteiger partial charge in [-0.3, -0.25) is 9.69 Å². The van der Waals surface area contributed by atoms with E-state index in [0.29, 0.717) is 44.6 Å². The molecule has 0 aromatic heterocycles. The molecule has 2 atom stereocenters. The van der Waals surface area contributed by atoms with Crippen molar-refractivity contribution in [2.45, 2.75) is 44.2 Å². The minimum atomic E-state index is 0.0401. The highest BCUT2D eigenvalue weighted by atomic mass is 16.2. The fourth-order valence-electron chi connectivity index (χ4n) is 3.18. The molecule has 114 valence electrons. The molecule has 2 heterocycles. The first-order valence-electron chi connectivity index (χ1n) is 7.73. The molecule has 0 saturated carbocycles. The Labute approximate surface area is 126 Å². The monoisotopic (exact) mass is 289 g/mol. The van der Waals surface area contributed by atoms with Gasteiger partial charge in [0.05, 0.1) is 31.5 Å². The van der Waals surface area contributed by atoms with Gasteiger partial charge < -0.3 is 10.2 Å². The molecule has 0 aromatic rings. The normalized spacial score (nSPS) is 24.9. The van der Waals surface area contributed by atoms with Crippen molar-refractivity contribution in [1.29, 1.82) is 10.5 Å². The summed E-state index contributed by atoms with van der Waals surface area (Å²) in [5.41, 5.74) is 0. The SMILES string of the molecule is N#CCCN(CCC#N)C(=O)CN1CCC2CCC(C1)N2. The molecule has 2 aliphatic heterocycles. The van der Waals surface area contributed by atoms with Crippen LogP contribution in [0.15, 0.2) is 0 Å². The largest absolute Gasteiger partial charge is 0.340 e. The standard InChI is InChI=1S/C15H23N5O/c16-6-1-8-20(9-2-7-17)15(21)12-19-10-5-13-3-4-14(11-19)18-13/h13-14,18H,1-5,8-12H2. The van der Waals surface area contributed by atoms with Gasteiger partial charge in [-0.05, 0) is 19.3 Å². The molecule has 1 amide bonds. The number of likely N-dealkylation sites (tertiary alicyclic amines) is 1. The maximum atomic E-state index is 12.4. The van der Waals surface area contributed by atoms with Gasteiger partial charge in [0.1, 0.15) is 0 Å². The van der Waals surface area contributed by atoms with E-state index in [-0.39, 0.29) is 5.91 Å². The average molecular weight is 289 g/mol. The molecular weight excluding hydrogens is 266 g/mol. The first kappa shape index (κ1) is 15.8. The van der Waals surface area contributed by atoms with E-state index >= 15 is 0 Å². The summed E-state index contributed by atoms with van der Waals surface area (Å²) in [5.74, 6) is 0.0401. The summed E-state index contributed by atoms with van der Waals surface area (Å²) in [6.45, 7) is 3.13. The topological polar surface area (TPSA) is 83.2 Å². The lowest BCUT2D eigenvalue weighted by atomic mass is 10.1. The molecule has 2 aliphatic rings. The van der Waals surface area contributed by atoms with Gasteiger partial charge in [0.15, 0.2) is 0 Å². The van der Waals surface area contributed by atoms with E-state index in [2.05, 4.69) is 22.4 Å². The van der Waals surface area contributed by atoms with Crippen LogP contribution in [0.4, 0.5) is 0 Å². The summed E-state index contributed by atoms with van der Waals surface area (Å²) < 4.78 is 0. The molecule has 2 rings (SSSR count). The highest BCUT2D eigenvalue weighted by Crippen LogP contribution is 2.20. The number of hydrogen-bond acceptors (Lipinski definition) is 5. The van der Waals surface area contributed by atoms with E-state index in [1.807, 2.05) is 0 Å².